The highest BCUT2D eigenvalue weighted by Gasteiger charge is 2.21. The van der Waals surface area contributed by atoms with Crippen LogP contribution in [0.1, 0.15) is 34.9 Å². The number of carbonyl (C=O) groups is 1. The van der Waals surface area contributed by atoms with Crippen molar-refractivity contribution in [1.29, 1.82) is 0 Å². The number of hydrogen-bond donors (Lipinski definition) is 2. The van der Waals surface area contributed by atoms with E-state index in [1.54, 1.807) is 18.4 Å². The number of fused-ring (bicyclic) bond motifs is 1. The molecule has 1 aromatic heterocycles. The number of halogens is 1. The van der Waals surface area contributed by atoms with Crippen molar-refractivity contribution in [3.05, 3.63) is 51.2 Å². The van der Waals surface area contributed by atoms with Crippen LogP contribution in [-0.4, -0.2) is 43.5 Å². The molecule has 2 aromatic rings. The Morgan fingerprint density at radius 3 is 2.90 bits per heavy atom. The third-order valence-corrected chi connectivity index (χ3v) is 6.01. The number of amides is 1. The number of nitrogens with zero attached hydrogens (tertiary/aromatic N) is 2. The molecule has 0 atom stereocenters. The molecule has 3 rings (SSSR count). The molecule has 1 aliphatic heterocycles. The smallest absolute Gasteiger partial charge is 0.224 e. The fraction of sp³-hybridized carbons (Fsp3) is 0.455. The molecular weight excluding hydrogens is 511 g/mol. The molecule has 1 amide bonds. The lowest BCUT2D eigenvalue weighted by Crippen LogP contribution is -2.40. The van der Waals surface area contributed by atoms with E-state index in [-0.39, 0.29) is 29.9 Å². The lowest BCUT2D eigenvalue weighted by molar-refractivity contribution is -0.131. The Bertz CT molecular complexity index is 869. The number of thiophene rings is 1. The largest absolute Gasteiger partial charge is 0.494 e. The zero-order valence-electron chi connectivity index (χ0n) is 17.9. The normalized spacial score (nSPS) is 13.3. The van der Waals surface area contributed by atoms with Crippen LogP contribution in [0.4, 0.5) is 0 Å². The summed E-state index contributed by atoms with van der Waals surface area (Å²) in [6, 6.07) is 8.32. The monoisotopic (exact) mass is 542 g/mol. The first-order valence-corrected chi connectivity index (χ1v) is 11.0. The molecule has 0 saturated heterocycles. The van der Waals surface area contributed by atoms with Crippen molar-refractivity contribution in [2.24, 2.45) is 4.99 Å². The molecule has 0 spiro atoms. The van der Waals surface area contributed by atoms with Gasteiger partial charge in [0.25, 0.3) is 0 Å². The van der Waals surface area contributed by atoms with E-state index in [4.69, 9.17) is 4.74 Å². The van der Waals surface area contributed by atoms with Crippen LogP contribution < -0.4 is 15.4 Å². The number of carbonyl (C=O) groups excluding carboxylic acids is 1. The molecule has 8 heteroatoms. The highest BCUT2D eigenvalue weighted by atomic mass is 127. The van der Waals surface area contributed by atoms with Crippen LogP contribution >= 0.6 is 35.3 Å². The fourth-order valence-corrected chi connectivity index (χ4v) is 4.29. The molecule has 2 N–H and O–H groups in total. The van der Waals surface area contributed by atoms with E-state index in [1.807, 2.05) is 17.9 Å². The Labute approximate surface area is 200 Å². The Morgan fingerprint density at radius 2 is 2.13 bits per heavy atom. The molecule has 2 heterocycles. The number of nitrogens with one attached hydrogen (secondary N) is 2. The second kappa shape index (κ2) is 12.1. The Kier molecular flexibility index (Phi) is 9.90. The molecule has 30 heavy (non-hydrogen) atoms. The Balaban J connectivity index is 0.00000320. The number of ether oxygens (including phenoxy) is 1. The topological polar surface area (TPSA) is 66.0 Å². The van der Waals surface area contributed by atoms with E-state index in [0.717, 1.165) is 30.8 Å². The molecule has 6 nitrogen and oxygen atoms in total. The van der Waals surface area contributed by atoms with Gasteiger partial charge in [0.15, 0.2) is 5.96 Å². The molecule has 0 bridgehead atoms. The van der Waals surface area contributed by atoms with Gasteiger partial charge in [-0.15, -0.1) is 35.3 Å². The van der Waals surface area contributed by atoms with Crippen molar-refractivity contribution < 1.29 is 9.53 Å². The molecule has 0 radical (unpaired) electrons. The van der Waals surface area contributed by atoms with E-state index in [0.29, 0.717) is 32.1 Å². The first kappa shape index (κ1) is 24.5. The Morgan fingerprint density at radius 1 is 1.30 bits per heavy atom. The van der Waals surface area contributed by atoms with Gasteiger partial charge in [0.1, 0.15) is 5.75 Å². The standard InChI is InChI=1S/C22H30N4O2S.HI/c1-4-28-19-13-16(2)5-6-17(19)14-25-22(23-3)24-10-7-21(27)26-11-8-20-18(15-26)9-12-29-20;/h5-6,9,12-13H,4,7-8,10-11,14-15H2,1-3H3,(H2,23,24,25);1H. The van der Waals surface area contributed by atoms with E-state index in [1.165, 1.54) is 16.0 Å². The van der Waals surface area contributed by atoms with Crippen LogP contribution in [-0.2, 0) is 24.3 Å². The van der Waals surface area contributed by atoms with Gasteiger partial charge in [-0.25, -0.2) is 0 Å². The summed E-state index contributed by atoms with van der Waals surface area (Å²) in [6.07, 6.45) is 1.42. The lowest BCUT2D eigenvalue weighted by atomic mass is 10.1. The van der Waals surface area contributed by atoms with Gasteiger partial charge in [-0.2, -0.15) is 0 Å². The van der Waals surface area contributed by atoms with Gasteiger partial charge in [0.2, 0.25) is 5.91 Å². The van der Waals surface area contributed by atoms with Crippen molar-refractivity contribution in [1.82, 2.24) is 15.5 Å². The van der Waals surface area contributed by atoms with Crippen LogP contribution in [0.2, 0.25) is 0 Å². The van der Waals surface area contributed by atoms with Crippen molar-refractivity contribution >= 4 is 47.2 Å². The summed E-state index contributed by atoms with van der Waals surface area (Å²) in [5.74, 6) is 1.75. The average Bonchev–Trinajstić information content (AvgIpc) is 3.19. The average molecular weight is 542 g/mol. The maximum absolute atomic E-state index is 12.5. The number of guanidine groups is 1. The highest BCUT2D eigenvalue weighted by Crippen LogP contribution is 2.24. The first-order chi connectivity index (χ1) is 14.1. The van der Waals surface area contributed by atoms with Crippen LogP contribution in [0.3, 0.4) is 0 Å². The van der Waals surface area contributed by atoms with E-state index >= 15 is 0 Å². The molecule has 1 aliphatic rings. The molecule has 164 valence electrons. The summed E-state index contributed by atoms with van der Waals surface area (Å²) < 4.78 is 5.73. The minimum absolute atomic E-state index is 0. The summed E-state index contributed by atoms with van der Waals surface area (Å²) in [6.45, 7) is 7.38. The minimum atomic E-state index is 0. The first-order valence-electron chi connectivity index (χ1n) is 10.1. The van der Waals surface area contributed by atoms with Crippen LogP contribution in [0.15, 0.2) is 34.6 Å². The van der Waals surface area contributed by atoms with Crippen LogP contribution in [0, 0.1) is 6.92 Å². The van der Waals surface area contributed by atoms with Gasteiger partial charge in [-0.3, -0.25) is 9.79 Å². The van der Waals surface area contributed by atoms with Gasteiger partial charge < -0.3 is 20.3 Å². The van der Waals surface area contributed by atoms with Gasteiger partial charge in [-0.05, 0) is 48.9 Å². The van der Waals surface area contributed by atoms with Crippen molar-refractivity contribution in [3.8, 4) is 5.75 Å². The summed E-state index contributed by atoms with van der Waals surface area (Å²) in [7, 11) is 1.73. The van der Waals surface area contributed by atoms with E-state index in [2.05, 4.69) is 46.1 Å². The second-order valence-corrected chi connectivity index (χ2v) is 8.08. The number of rotatable bonds is 7. The highest BCUT2D eigenvalue weighted by molar-refractivity contribution is 14.0. The van der Waals surface area contributed by atoms with Crippen molar-refractivity contribution in [2.75, 3.05) is 26.7 Å². The molecule has 0 aliphatic carbocycles. The van der Waals surface area contributed by atoms with Crippen LogP contribution in [0.5, 0.6) is 5.75 Å². The molecule has 1 aromatic carbocycles. The second-order valence-electron chi connectivity index (χ2n) is 7.08. The SMILES string of the molecule is CCOc1cc(C)ccc1CNC(=NC)NCCC(=O)N1CCc2sccc2C1.I. The van der Waals surface area contributed by atoms with E-state index < -0.39 is 0 Å². The van der Waals surface area contributed by atoms with Crippen molar-refractivity contribution in [2.45, 2.75) is 39.8 Å². The summed E-state index contributed by atoms with van der Waals surface area (Å²) >= 11 is 1.79. The van der Waals surface area contributed by atoms with Crippen molar-refractivity contribution in [3.63, 3.8) is 0 Å². The fourth-order valence-electron chi connectivity index (χ4n) is 3.40. The Hall–Kier alpha value is -1.81. The zero-order valence-corrected chi connectivity index (χ0v) is 21.0. The predicted molar refractivity (Wildman–Crippen MR) is 134 cm³/mol. The van der Waals surface area contributed by atoms with Crippen LogP contribution in [0.25, 0.3) is 0 Å². The van der Waals surface area contributed by atoms with Gasteiger partial charge in [0, 0.05) is 50.1 Å². The summed E-state index contributed by atoms with van der Waals surface area (Å²) in [5.41, 5.74) is 3.55. The lowest BCUT2D eigenvalue weighted by Gasteiger charge is -2.27. The third kappa shape index (κ3) is 6.60. The number of aryl methyl sites for hydroxylation is 1. The van der Waals surface area contributed by atoms with Gasteiger partial charge in [-0.1, -0.05) is 12.1 Å². The quantitative estimate of drug-likeness (QED) is 0.318. The molecular formula is C22H31IN4O2S. The zero-order chi connectivity index (χ0) is 20.6. The minimum Gasteiger partial charge on any atom is -0.494 e. The maximum Gasteiger partial charge on any atom is 0.224 e. The predicted octanol–water partition coefficient (Wildman–Crippen LogP) is 3.71. The number of aliphatic imine (C=N–C) groups is 1. The maximum atomic E-state index is 12.5. The molecule has 0 unspecified atom stereocenters. The summed E-state index contributed by atoms with van der Waals surface area (Å²) in [4.78, 5) is 20.2. The third-order valence-electron chi connectivity index (χ3n) is 4.98. The number of benzene rings is 1. The van der Waals surface area contributed by atoms with Gasteiger partial charge >= 0.3 is 0 Å². The van der Waals surface area contributed by atoms with E-state index in [9.17, 15) is 4.79 Å². The molecule has 0 fully saturated rings. The molecule has 0 saturated carbocycles. The van der Waals surface area contributed by atoms with Gasteiger partial charge in [0.05, 0.1) is 6.61 Å². The number of hydrogen-bond acceptors (Lipinski definition) is 4. The summed E-state index contributed by atoms with van der Waals surface area (Å²) in [5, 5.41) is 8.65.